The highest BCUT2D eigenvalue weighted by molar-refractivity contribution is 6.51. The molecule has 0 bridgehead atoms. The van der Waals surface area contributed by atoms with E-state index in [1.54, 1.807) is 37.4 Å². The Labute approximate surface area is 222 Å². The summed E-state index contributed by atoms with van der Waals surface area (Å²) in [4.78, 5) is 28.7. The minimum Gasteiger partial charge on any atom is -0.507 e. The molecule has 0 spiro atoms. The van der Waals surface area contributed by atoms with Crippen LogP contribution < -0.4 is 19.1 Å². The van der Waals surface area contributed by atoms with Gasteiger partial charge in [0.25, 0.3) is 11.7 Å². The molecule has 1 unspecified atom stereocenters. The van der Waals surface area contributed by atoms with Gasteiger partial charge in [-0.25, -0.2) is 0 Å². The first kappa shape index (κ1) is 25.4. The number of hydrogen-bond acceptors (Lipinski definition) is 6. The smallest absolute Gasteiger partial charge is 0.300 e. The number of rotatable bonds is 6. The maximum Gasteiger partial charge on any atom is 0.300 e. The van der Waals surface area contributed by atoms with E-state index in [-0.39, 0.29) is 11.3 Å². The molecule has 0 aromatic heterocycles. The monoisotopic (exact) mass is 513 g/mol. The number of ketones is 1. The van der Waals surface area contributed by atoms with E-state index in [4.69, 9.17) is 14.2 Å². The van der Waals surface area contributed by atoms with E-state index in [0.29, 0.717) is 41.5 Å². The highest BCUT2D eigenvalue weighted by atomic mass is 16.5. The Balaban J connectivity index is 1.74. The van der Waals surface area contributed by atoms with Crippen LogP contribution in [-0.4, -0.2) is 37.1 Å². The standard InChI is InChI=1S/C31H31NO6/c1-5-37-26-17-21(11-14-25(26)36-4)28-27(29(33)22-12-13-24-20(16-22)9-7-15-38-24)30(34)31(35)32(28)23-10-6-8-18(2)19(23)3/h6,8,10-14,16-17,28,33H,5,7,9,15H2,1-4H3/b29-27+. The molecule has 7 heteroatoms. The number of carbonyl (C=O) groups is 2. The Bertz CT molecular complexity index is 1460. The van der Waals surface area contributed by atoms with Gasteiger partial charge in [-0.05, 0) is 92.3 Å². The molecule has 1 atom stereocenters. The molecular formula is C31H31NO6. The van der Waals surface area contributed by atoms with E-state index >= 15 is 0 Å². The number of carbonyl (C=O) groups excluding carboxylic acids is 2. The molecule has 1 N–H and O–H groups in total. The Morgan fingerprint density at radius 2 is 1.89 bits per heavy atom. The van der Waals surface area contributed by atoms with Crippen LogP contribution in [0.3, 0.4) is 0 Å². The van der Waals surface area contributed by atoms with Gasteiger partial charge in [-0.3, -0.25) is 14.5 Å². The molecule has 1 amide bonds. The number of aliphatic hydroxyl groups is 1. The number of fused-ring (bicyclic) bond motifs is 1. The maximum atomic E-state index is 13.6. The average Bonchev–Trinajstić information content (AvgIpc) is 3.19. The van der Waals surface area contributed by atoms with Crippen LogP contribution in [0.2, 0.25) is 0 Å². The van der Waals surface area contributed by atoms with E-state index in [9.17, 15) is 14.7 Å². The first-order chi connectivity index (χ1) is 18.3. The van der Waals surface area contributed by atoms with Crippen LogP contribution in [0.5, 0.6) is 17.2 Å². The lowest BCUT2D eigenvalue weighted by atomic mass is 9.93. The number of methoxy groups -OCH3 is 1. The second-order valence-electron chi connectivity index (χ2n) is 9.51. The molecule has 7 nitrogen and oxygen atoms in total. The van der Waals surface area contributed by atoms with Gasteiger partial charge in [-0.15, -0.1) is 0 Å². The molecule has 1 saturated heterocycles. The van der Waals surface area contributed by atoms with Gasteiger partial charge in [0.1, 0.15) is 11.5 Å². The predicted molar refractivity (Wildman–Crippen MR) is 145 cm³/mol. The van der Waals surface area contributed by atoms with Gasteiger partial charge >= 0.3 is 0 Å². The summed E-state index contributed by atoms with van der Waals surface area (Å²) in [5.41, 5.74) is 4.56. The second-order valence-corrected chi connectivity index (χ2v) is 9.51. The largest absolute Gasteiger partial charge is 0.507 e. The zero-order chi connectivity index (χ0) is 27.0. The Kier molecular flexibility index (Phi) is 6.85. The molecule has 196 valence electrons. The van der Waals surface area contributed by atoms with Crippen molar-refractivity contribution in [1.82, 2.24) is 0 Å². The van der Waals surface area contributed by atoms with Gasteiger partial charge in [-0.2, -0.15) is 0 Å². The molecule has 5 rings (SSSR count). The molecule has 2 aliphatic rings. The number of amides is 1. The van der Waals surface area contributed by atoms with Crippen LogP contribution in [-0.2, 0) is 16.0 Å². The quantitative estimate of drug-likeness (QED) is 0.260. The summed E-state index contributed by atoms with van der Waals surface area (Å²) < 4.78 is 17.0. The summed E-state index contributed by atoms with van der Waals surface area (Å²) in [6, 6.07) is 15.5. The molecular weight excluding hydrogens is 482 g/mol. The third-order valence-electron chi connectivity index (χ3n) is 7.27. The van der Waals surface area contributed by atoms with Crippen molar-refractivity contribution >= 4 is 23.1 Å². The summed E-state index contributed by atoms with van der Waals surface area (Å²) in [7, 11) is 1.56. The third kappa shape index (κ3) is 4.28. The molecule has 0 aliphatic carbocycles. The van der Waals surface area contributed by atoms with Gasteiger partial charge in [0.15, 0.2) is 11.5 Å². The first-order valence-corrected chi connectivity index (χ1v) is 12.8. The molecule has 2 heterocycles. The van der Waals surface area contributed by atoms with Gasteiger partial charge in [-0.1, -0.05) is 18.2 Å². The van der Waals surface area contributed by atoms with Crippen LogP contribution in [0.15, 0.2) is 60.2 Å². The summed E-state index contributed by atoms with van der Waals surface area (Å²) in [5.74, 6) is 0.149. The normalized spacial score (nSPS) is 18.2. The Morgan fingerprint density at radius 3 is 2.66 bits per heavy atom. The number of benzene rings is 3. The fourth-order valence-electron chi connectivity index (χ4n) is 5.19. The lowest BCUT2D eigenvalue weighted by Crippen LogP contribution is -2.30. The lowest BCUT2D eigenvalue weighted by molar-refractivity contribution is -0.132. The fraction of sp³-hybridized carbons (Fsp3) is 0.290. The van der Waals surface area contributed by atoms with Crippen molar-refractivity contribution in [1.29, 1.82) is 0 Å². The maximum absolute atomic E-state index is 13.6. The molecule has 0 radical (unpaired) electrons. The predicted octanol–water partition coefficient (Wildman–Crippen LogP) is 5.66. The number of anilines is 1. The van der Waals surface area contributed by atoms with Crippen LogP contribution >= 0.6 is 0 Å². The van der Waals surface area contributed by atoms with Crippen molar-refractivity contribution < 1.29 is 28.9 Å². The van der Waals surface area contributed by atoms with Crippen molar-refractivity contribution in [3.8, 4) is 17.2 Å². The van der Waals surface area contributed by atoms with Crippen molar-refractivity contribution in [3.63, 3.8) is 0 Å². The third-order valence-corrected chi connectivity index (χ3v) is 7.27. The van der Waals surface area contributed by atoms with Gasteiger partial charge in [0, 0.05) is 11.3 Å². The van der Waals surface area contributed by atoms with Crippen molar-refractivity contribution in [2.24, 2.45) is 0 Å². The number of ether oxygens (including phenoxy) is 3. The zero-order valence-electron chi connectivity index (χ0n) is 22.0. The number of aryl methyl sites for hydroxylation is 2. The second kappa shape index (κ2) is 10.2. The van der Waals surface area contributed by atoms with E-state index in [0.717, 1.165) is 35.3 Å². The van der Waals surface area contributed by atoms with Crippen molar-refractivity contribution in [3.05, 3.63) is 88.0 Å². The van der Waals surface area contributed by atoms with Crippen LogP contribution in [0.4, 0.5) is 5.69 Å². The highest BCUT2D eigenvalue weighted by Crippen LogP contribution is 2.45. The van der Waals surface area contributed by atoms with Gasteiger partial charge < -0.3 is 19.3 Å². The van der Waals surface area contributed by atoms with E-state index in [2.05, 4.69) is 0 Å². The zero-order valence-corrected chi connectivity index (χ0v) is 22.0. The molecule has 1 fully saturated rings. The summed E-state index contributed by atoms with van der Waals surface area (Å²) in [6.45, 7) is 6.81. The van der Waals surface area contributed by atoms with E-state index in [1.165, 1.54) is 4.90 Å². The number of Topliss-reactive ketones (excluding diaryl/α,β-unsaturated/α-hetero) is 1. The van der Waals surface area contributed by atoms with Crippen LogP contribution in [0.1, 0.15) is 47.2 Å². The minimum atomic E-state index is -0.868. The average molecular weight is 514 g/mol. The molecule has 2 aliphatic heterocycles. The Hall–Kier alpha value is -4.26. The first-order valence-electron chi connectivity index (χ1n) is 12.8. The highest BCUT2D eigenvalue weighted by Gasteiger charge is 2.47. The van der Waals surface area contributed by atoms with Gasteiger partial charge in [0.05, 0.1) is 31.9 Å². The van der Waals surface area contributed by atoms with E-state index < -0.39 is 17.7 Å². The number of nitrogens with zero attached hydrogens (tertiary/aromatic N) is 1. The van der Waals surface area contributed by atoms with Crippen molar-refractivity contribution in [2.45, 2.75) is 39.7 Å². The van der Waals surface area contributed by atoms with Crippen LogP contribution in [0, 0.1) is 13.8 Å². The lowest BCUT2D eigenvalue weighted by Gasteiger charge is -2.28. The summed E-state index contributed by atoms with van der Waals surface area (Å²) in [5, 5.41) is 11.6. The van der Waals surface area contributed by atoms with Crippen LogP contribution in [0.25, 0.3) is 5.76 Å². The Morgan fingerprint density at radius 1 is 1.08 bits per heavy atom. The van der Waals surface area contributed by atoms with E-state index in [1.807, 2.05) is 45.0 Å². The molecule has 3 aromatic carbocycles. The van der Waals surface area contributed by atoms with Gasteiger partial charge in [0.2, 0.25) is 0 Å². The topological polar surface area (TPSA) is 85.3 Å². The summed E-state index contributed by atoms with van der Waals surface area (Å²) >= 11 is 0. The minimum absolute atomic E-state index is 0.0280. The molecule has 3 aromatic rings. The summed E-state index contributed by atoms with van der Waals surface area (Å²) in [6.07, 6.45) is 1.69. The number of hydrogen-bond donors (Lipinski definition) is 1. The SMILES string of the molecule is CCOc1cc(C2/C(=C(\O)c3ccc4c(c3)CCCO4)C(=O)C(=O)N2c2cccc(C)c2C)ccc1OC. The van der Waals surface area contributed by atoms with Crippen molar-refractivity contribution in [2.75, 3.05) is 25.2 Å². The molecule has 38 heavy (non-hydrogen) atoms. The fourth-order valence-corrected chi connectivity index (χ4v) is 5.19. The molecule has 0 saturated carbocycles. The number of aliphatic hydroxyl groups excluding tert-OH is 1.